The van der Waals surface area contributed by atoms with Crippen LogP contribution in [-0.4, -0.2) is 50.9 Å². The van der Waals surface area contributed by atoms with Gasteiger partial charge in [-0.3, -0.25) is 9.59 Å². The average Bonchev–Trinajstić information content (AvgIpc) is 2.76. The van der Waals surface area contributed by atoms with E-state index in [-0.39, 0.29) is 12.4 Å². The lowest BCUT2D eigenvalue weighted by Gasteiger charge is -2.23. The highest BCUT2D eigenvalue weighted by molar-refractivity contribution is 8.00. The molecule has 1 unspecified atom stereocenters. The maximum atomic E-state index is 13.0. The van der Waals surface area contributed by atoms with Crippen LogP contribution in [0.3, 0.4) is 0 Å². The minimum Gasteiger partial charge on any atom is -0.497 e. The second-order valence-electron chi connectivity index (χ2n) is 6.36. The zero-order valence-corrected chi connectivity index (χ0v) is 17.2. The van der Waals surface area contributed by atoms with Crippen LogP contribution in [0.2, 0.25) is 0 Å². The maximum absolute atomic E-state index is 13.0. The molecule has 7 heteroatoms. The number of hydrogen-bond acceptors (Lipinski definition) is 5. The Labute approximate surface area is 170 Å². The number of ether oxygens (including phenoxy) is 1. The zero-order valence-electron chi connectivity index (χ0n) is 15.5. The van der Waals surface area contributed by atoms with E-state index in [0.29, 0.717) is 13.1 Å². The third-order valence-corrected chi connectivity index (χ3v) is 5.61. The molecule has 1 aliphatic heterocycles. The fraction of sp³-hybridized carbons (Fsp3) is 0.300. The summed E-state index contributed by atoms with van der Waals surface area (Å²) in [6.07, 6.45) is 0. The van der Waals surface area contributed by atoms with Crippen LogP contribution < -0.4 is 9.64 Å². The van der Waals surface area contributed by atoms with Gasteiger partial charge in [-0.05, 0) is 43.9 Å². The number of nitrogens with zero attached hydrogens (tertiary/aromatic N) is 2. The summed E-state index contributed by atoms with van der Waals surface area (Å²) in [7, 11) is 5.50. The average molecular weight is 407 g/mol. The Morgan fingerprint density at radius 1 is 1.07 bits per heavy atom. The first-order valence-electron chi connectivity index (χ1n) is 8.41. The lowest BCUT2D eigenvalue weighted by Crippen LogP contribution is -2.41. The number of rotatable bonds is 5. The molecule has 1 amide bonds. The topological polar surface area (TPSA) is 49.9 Å². The van der Waals surface area contributed by atoms with E-state index in [0.717, 1.165) is 21.9 Å². The van der Waals surface area contributed by atoms with Crippen LogP contribution in [-0.2, 0) is 9.59 Å². The van der Waals surface area contributed by atoms with E-state index in [1.54, 1.807) is 12.0 Å². The van der Waals surface area contributed by atoms with Crippen LogP contribution in [0, 0.1) is 0 Å². The van der Waals surface area contributed by atoms with Gasteiger partial charge in [0.25, 0.3) is 5.91 Å². The third kappa shape index (κ3) is 4.64. The number of para-hydroxylation sites is 1. The van der Waals surface area contributed by atoms with Crippen molar-refractivity contribution in [2.45, 2.75) is 10.1 Å². The number of methoxy groups -OCH3 is 1. The first kappa shape index (κ1) is 21.3. The van der Waals surface area contributed by atoms with E-state index in [1.165, 1.54) is 11.8 Å². The van der Waals surface area contributed by atoms with Gasteiger partial charge in [0.05, 0.1) is 12.8 Å². The molecule has 144 valence electrons. The molecule has 0 radical (unpaired) electrons. The van der Waals surface area contributed by atoms with Gasteiger partial charge >= 0.3 is 0 Å². The zero-order chi connectivity index (χ0) is 18.7. The SMILES string of the molecule is COc1ccc(C2Sc3ccccc3N(CCN(C)C)C(=O)C2=O)cc1.Cl. The van der Waals surface area contributed by atoms with Crippen molar-refractivity contribution in [1.29, 1.82) is 0 Å². The molecule has 0 saturated carbocycles. The fourth-order valence-corrected chi connectivity index (χ4v) is 4.05. The number of thioether (sulfide) groups is 1. The number of amides is 1. The van der Waals surface area contributed by atoms with Gasteiger partial charge in [0, 0.05) is 18.0 Å². The molecular formula is C20H23ClN2O3S. The van der Waals surface area contributed by atoms with Crippen molar-refractivity contribution in [1.82, 2.24) is 4.90 Å². The number of anilines is 1. The summed E-state index contributed by atoms with van der Waals surface area (Å²) in [5.74, 6) is -0.126. The lowest BCUT2D eigenvalue weighted by atomic mass is 10.1. The number of Topliss-reactive ketones (excluding diaryl/α,β-unsaturated/α-hetero) is 1. The van der Waals surface area contributed by atoms with Crippen LogP contribution in [0.4, 0.5) is 5.69 Å². The van der Waals surface area contributed by atoms with E-state index in [1.807, 2.05) is 67.5 Å². The normalized spacial score (nSPS) is 16.6. The summed E-state index contributed by atoms with van der Waals surface area (Å²) in [6.45, 7) is 1.16. The molecule has 0 saturated heterocycles. The summed E-state index contributed by atoms with van der Waals surface area (Å²) in [4.78, 5) is 30.5. The third-order valence-electron chi connectivity index (χ3n) is 4.28. The minimum atomic E-state index is -0.557. The Bertz CT molecular complexity index is 811. The number of carbonyl (C=O) groups excluding carboxylic acids is 2. The van der Waals surface area contributed by atoms with Crippen molar-refractivity contribution >= 4 is 41.5 Å². The van der Waals surface area contributed by atoms with Gasteiger partial charge in [0.2, 0.25) is 5.78 Å². The maximum Gasteiger partial charge on any atom is 0.296 e. The summed E-state index contributed by atoms with van der Waals surface area (Å²) in [5, 5.41) is -0.557. The molecule has 0 bridgehead atoms. The molecule has 0 spiro atoms. The first-order chi connectivity index (χ1) is 12.5. The van der Waals surface area contributed by atoms with Gasteiger partial charge in [0.1, 0.15) is 11.0 Å². The Hall–Kier alpha value is -2.02. The second kappa shape index (κ2) is 9.26. The molecule has 0 fully saturated rings. The standard InChI is InChI=1S/C20H22N2O3S.ClH/c1-21(2)12-13-22-16-6-4-5-7-17(16)26-19(18(23)20(22)24)14-8-10-15(25-3)11-9-14;/h4-11,19H,12-13H2,1-3H3;1H. The smallest absolute Gasteiger partial charge is 0.296 e. The Balaban J connectivity index is 0.00000261. The van der Waals surface area contributed by atoms with Crippen LogP contribution in [0.15, 0.2) is 53.4 Å². The lowest BCUT2D eigenvalue weighted by molar-refractivity contribution is -0.136. The van der Waals surface area contributed by atoms with Crippen molar-refractivity contribution in [3.05, 3.63) is 54.1 Å². The van der Waals surface area contributed by atoms with Crippen molar-refractivity contribution < 1.29 is 14.3 Å². The first-order valence-corrected chi connectivity index (χ1v) is 9.29. The summed E-state index contributed by atoms with van der Waals surface area (Å²) in [6, 6.07) is 15.0. The highest BCUT2D eigenvalue weighted by Gasteiger charge is 2.36. The van der Waals surface area contributed by atoms with Crippen molar-refractivity contribution in [2.75, 3.05) is 39.2 Å². The fourth-order valence-electron chi connectivity index (χ4n) is 2.83. The monoisotopic (exact) mass is 406 g/mol. The van der Waals surface area contributed by atoms with Crippen molar-refractivity contribution in [3.8, 4) is 5.75 Å². The van der Waals surface area contributed by atoms with Crippen LogP contribution in [0.5, 0.6) is 5.75 Å². The molecule has 1 heterocycles. The molecule has 0 aliphatic carbocycles. The summed E-state index contributed by atoms with van der Waals surface area (Å²) >= 11 is 1.43. The summed E-state index contributed by atoms with van der Waals surface area (Å²) < 4.78 is 5.19. The van der Waals surface area contributed by atoms with Gasteiger partial charge in [0.15, 0.2) is 0 Å². The number of hydrogen-bond donors (Lipinski definition) is 0. The number of halogens is 1. The predicted octanol–water partition coefficient (Wildman–Crippen LogP) is 3.43. The van der Waals surface area contributed by atoms with E-state index in [9.17, 15) is 9.59 Å². The summed E-state index contributed by atoms with van der Waals surface area (Å²) in [5.41, 5.74) is 1.60. The molecule has 27 heavy (non-hydrogen) atoms. The second-order valence-corrected chi connectivity index (χ2v) is 7.51. The minimum absolute atomic E-state index is 0. The largest absolute Gasteiger partial charge is 0.497 e. The molecule has 2 aromatic rings. The molecule has 5 nitrogen and oxygen atoms in total. The van der Waals surface area contributed by atoms with Gasteiger partial charge < -0.3 is 14.5 Å². The van der Waals surface area contributed by atoms with Gasteiger partial charge in [-0.2, -0.15) is 0 Å². The molecular weight excluding hydrogens is 384 g/mol. The van der Waals surface area contributed by atoms with Crippen LogP contribution in [0.25, 0.3) is 0 Å². The number of likely N-dealkylation sites (N-methyl/N-ethyl adjacent to an activating group) is 1. The number of ketones is 1. The molecule has 3 rings (SSSR count). The quantitative estimate of drug-likeness (QED) is 0.712. The molecule has 2 aromatic carbocycles. The molecule has 0 aromatic heterocycles. The number of benzene rings is 2. The molecule has 1 aliphatic rings. The van der Waals surface area contributed by atoms with Gasteiger partial charge in [-0.15, -0.1) is 24.2 Å². The number of carbonyl (C=O) groups is 2. The van der Waals surface area contributed by atoms with Crippen molar-refractivity contribution in [2.24, 2.45) is 0 Å². The van der Waals surface area contributed by atoms with Gasteiger partial charge in [-0.25, -0.2) is 0 Å². The highest BCUT2D eigenvalue weighted by Crippen LogP contribution is 2.44. The Morgan fingerprint density at radius 2 is 1.74 bits per heavy atom. The molecule has 0 N–H and O–H groups in total. The van der Waals surface area contributed by atoms with Gasteiger partial charge in [-0.1, -0.05) is 24.3 Å². The van der Waals surface area contributed by atoms with Crippen molar-refractivity contribution in [3.63, 3.8) is 0 Å². The highest BCUT2D eigenvalue weighted by atomic mass is 35.5. The molecule has 1 atom stereocenters. The Kier molecular flexibility index (Phi) is 7.30. The predicted molar refractivity (Wildman–Crippen MR) is 111 cm³/mol. The number of fused-ring (bicyclic) bond motifs is 1. The van der Waals surface area contributed by atoms with E-state index in [2.05, 4.69) is 0 Å². The Morgan fingerprint density at radius 3 is 2.37 bits per heavy atom. The van der Waals surface area contributed by atoms with E-state index in [4.69, 9.17) is 4.74 Å². The van der Waals surface area contributed by atoms with Crippen LogP contribution >= 0.6 is 24.2 Å². The van der Waals surface area contributed by atoms with E-state index < -0.39 is 16.9 Å². The van der Waals surface area contributed by atoms with E-state index >= 15 is 0 Å². The van der Waals surface area contributed by atoms with Crippen LogP contribution in [0.1, 0.15) is 10.8 Å².